The second kappa shape index (κ2) is 7.34. The predicted molar refractivity (Wildman–Crippen MR) is 114 cm³/mol. The molecule has 2 N–H and O–H groups in total. The van der Waals surface area contributed by atoms with Crippen LogP contribution in [0.2, 0.25) is 5.02 Å². The highest BCUT2D eigenvalue weighted by molar-refractivity contribution is 7.92. The molecule has 0 heterocycles. The molecule has 13 heteroatoms. The second-order valence-corrected chi connectivity index (χ2v) is 12.7. The first-order valence-electron chi connectivity index (χ1n) is 9.58. The molecule has 0 aliphatic heterocycles. The Morgan fingerprint density at radius 2 is 1.52 bits per heavy atom. The van der Waals surface area contributed by atoms with Crippen LogP contribution in [0.15, 0.2) is 52.3 Å². The first-order chi connectivity index (χ1) is 15.1. The summed E-state index contributed by atoms with van der Waals surface area (Å²) in [6.45, 7) is 0. The van der Waals surface area contributed by atoms with Crippen molar-refractivity contribution in [3.05, 3.63) is 53.1 Å². The van der Waals surface area contributed by atoms with Crippen molar-refractivity contribution >= 4 is 43.1 Å². The van der Waals surface area contributed by atoms with Gasteiger partial charge in [0.2, 0.25) is 0 Å². The highest BCUT2D eigenvalue weighted by atomic mass is 35.5. The maximum absolute atomic E-state index is 13.1. The number of halogens is 4. The van der Waals surface area contributed by atoms with E-state index >= 15 is 0 Å². The van der Waals surface area contributed by atoms with Crippen molar-refractivity contribution in [3.8, 4) is 0 Å². The van der Waals surface area contributed by atoms with Gasteiger partial charge in [0.15, 0.2) is 9.84 Å². The van der Waals surface area contributed by atoms with Gasteiger partial charge in [0.25, 0.3) is 15.9 Å². The van der Waals surface area contributed by atoms with Crippen molar-refractivity contribution in [1.29, 1.82) is 0 Å². The van der Waals surface area contributed by atoms with Crippen LogP contribution in [0, 0.1) is 5.41 Å². The number of amides is 1. The lowest BCUT2D eigenvalue weighted by Crippen LogP contribution is -2.78. The Balaban J connectivity index is 1.55. The molecule has 0 saturated heterocycles. The number of sulfonamides is 1. The van der Waals surface area contributed by atoms with E-state index < -0.39 is 42.9 Å². The number of hydrogen-bond donors (Lipinski definition) is 2. The van der Waals surface area contributed by atoms with E-state index in [2.05, 4.69) is 10.0 Å². The summed E-state index contributed by atoms with van der Waals surface area (Å²) in [4.78, 5) is 12.5. The van der Waals surface area contributed by atoms with Crippen LogP contribution >= 0.6 is 11.6 Å². The lowest BCUT2D eigenvalue weighted by Gasteiger charge is -2.70. The van der Waals surface area contributed by atoms with E-state index in [0.717, 1.165) is 30.5 Å². The third-order valence-electron chi connectivity index (χ3n) is 6.04. The molecule has 0 radical (unpaired) electrons. The molecule has 0 atom stereocenters. The summed E-state index contributed by atoms with van der Waals surface area (Å²) < 4.78 is 90.2. The Morgan fingerprint density at radius 3 is 2.03 bits per heavy atom. The molecule has 5 rings (SSSR count). The Kier molecular flexibility index (Phi) is 5.30. The first-order valence-corrected chi connectivity index (χ1v) is 13.3. The summed E-state index contributed by atoms with van der Waals surface area (Å²) in [7, 11) is -7.74. The predicted octanol–water partition coefficient (Wildman–Crippen LogP) is 3.76. The first kappa shape index (κ1) is 23.8. The standard InChI is InChI=1S/C20H18ClF3N2O5S2/c1-32(28,29)13-3-5-14(6-4-13)33(30,31)26-16-7-2-12(21)8-15(16)17(27)25-19-9-18(10-19,11-19)20(22,23)24/h2-8,26H,9-11H2,1H3,(H,25,27). The molecule has 2 bridgehead atoms. The number of hydrogen-bond acceptors (Lipinski definition) is 5. The quantitative estimate of drug-likeness (QED) is 0.600. The normalized spacial score (nSPS) is 24.4. The fourth-order valence-corrected chi connectivity index (χ4v) is 6.27. The van der Waals surface area contributed by atoms with Crippen LogP contribution in [0.5, 0.6) is 0 Å². The summed E-state index contributed by atoms with van der Waals surface area (Å²) in [6, 6.07) is 8.31. The van der Waals surface area contributed by atoms with Crippen molar-refractivity contribution in [1.82, 2.24) is 5.32 Å². The molecule has 178 valence electrons. The van der Waals surface area contributed by atoms with Crippen LogP contribution in [-0.4, -0.2) is 40.7 Å². The molecule has 3 fully saturated rings. The summed E-state index contributed by atoms with van der Waals surface area (Å²) in [5.41, 5.74) is -2.99. The Bertz CT molecular complexity index is 1340. The molecule has 2 aromatic carbocycles. The van der Waals surface area contributed by atoms with Crippen molar-refractivity contribution in [2.24, 2.45) is 5.41 Å². The number of carbonyl (C=O) groups excluding carboxylic acids is 1. The molecule has 3 aliphatic rings. The zero-order chi connectivity index (χ0) is 24.4. The van der Waals surface area contributed by atoms with Gasteiger partial charge < -0.3 is 5.32 Å². The molecule has 0 unspecified atom stereocenters. The van der Waals surface area contributed by atoms with Gasteiger partial charge >= 0.3 is 6.18 Å². The van der Waals surface area contributed by atoms with Crippen molar-refractivity contribution < 1.29 is 34.8 Å². The maximum Gasteiger partial charge on any atom is 0.394 e. The average molecular weight is 523 g/mol. The van der Waals surface area contributed by atoms with Crippen molar-refractivity contribution in [2.45, 2.75) is 40.8 Å². The van der Waals surface area contributed by atoms with Gasteiger partial charge in [0.05, 0.1) is 26.5 Å². The zero-order valence-electron chi connectivity index (χ0n) is 17.0. The number of nitrogens with one attached hydrogen (secondary N) is 2. The molecule has 3 saturated carbocycles. The number of benzene rings is 2. The number of carbonyl (C=O) groups is 1. The number of anilines is 1. The third-order valence-corrected chi connectivity index (χ3v) is 8.79. The molecule has 7 nitrogen and oxygen atoms in total. The minimum atomic E-state index is -4.33. The number of rotatable bonds is 6. The average Bonchev–Trinajstić information content (AvgIpc) is 2.63. The highest BCUT2D eigenvalue weighted by Crippen LogP contribution is 2.73. The molecule has 1 amide bonds. The van der Waals surface area contributed by atoms with E-state index in [9.17, 15) is 34.8 Å². The largest absolute Gasteiger partial charge is 0.394 e. The molecular weight excluding hydrogens is 505 g/mol. The number of sulfone groups is 1. The van der Waals surface area contributed by atoms with Crippen LogP contribution in [0.4, 0.5) is 18.9 Å². The SMILES string of the molecule is CS(=O)(=O)c1ccc(S(=O)(=O)Nc2ccc(Cl)cc2C(=O)NC23CC(C(F)(F)F)(C2)C3)cc1. The van der Waals surface area contributed by atoms with Crippen molar-refractivity contribution in [2.75, 3.05) is 11.0 Å². The van der Waals surface area contributed by atoms with E-state index in [-0.39, 0.29) is 45.3 Å². The van der Waals surface area contributed by atoms with Crippen LogP contribution < -0.4 is 10.0 Å². The van der Waals surface area contributed by atoms with Gasteiger partial charge in [-0.1, -0.05) is 11.6 Å². The van der Waals surface area contributed by atoms with Gasteiger partial charge in [-0.3, -0.25) is 9.52 Å². The van der Waals surface area contributed by atoms with Gasteiger partial charge in [0.1, 0.15) is 0 Å². The molecule has 0 spiro atoms. The van der Waals surface area contributed by atoms with Gasteiger partial charge in [-0.25, -0.2) is 16.8 Å². The molecule has 0 aromatic heterocycles. The fraction of sp³-hybridized carbons (Fsp3) is 0.350. The van der Waals surface area contributed by atoms with Gasteiger partial charge in [-0.05, 0) is 61.7 Å². The Morgan fingerprint density at radius 1 is 0.970 bits per heavy atom. The monoisotopic (exact) mass is 522 g/mol. The summed E-state index contributed by atoms with van der Waals surface area (Å²) in [5, 5.41) is 2.72. The summed E-state index contributed by atoms with van der Waals surface area (Å²) >= 11 is 5.96. The van der Waals surface area contributed by atoms with E-state index in [0.29, 0.717) is 0 Å². The number of alkyl halides is 3. The molecule has 2 aromatic rings. The minimum absolute atomic E-state index is 0.0665. The maximum atomic E-state index is 13.1. The van der Waals surface area contributed by atoms with E-state index in [4.69, 9.17) is 11.6 Å². The Hall–Kier alpha value is -2.31. The van der Waals surface area contributed by atoms with E-state index in [1.807, 2.05) is 0 Å². The van der Waals surface area contributed by atoms with Crippen molar-refractivity contribution in [3.63, 3.8) is 0 Å². The topological polar surface area (TPSA) is 109 Å². The van der Waals surface area contributed by atoms with Crippen LogP contribution in [0.3, 0.4) is 0 Å². The van der Waals surface area contributed by atoms with Crippen LogP contribution in [-0.2, 0) is 19.9 Å². The summed E-state index contributed by atoms with van der Waals surface area (Å²) in [5.74, 6) is -0.752. The van der Waals surface area contributed by atoms with Gasteiger partial charge in [-0.2, -0.15) is 13.2 Å². The van der Waals surface area contributed by atoms with Gasteiger partial charge in [0, 0.05) is 16.8 Å². The lowest BCUT2D eigenvalue weighted by atomic mass is 9.39. The zero-order valence-corrected chi connectivity index (χ0v) is 19.4. The summed E-state index contributed by atoms with van der Waals surface area (Å²) in [6.07, 6.45) is -4.00. The molecule has 33 heavy (non-hydrogen) atoms. The van der Waals surface area contributed by atoms with Crippen LogP contribution in [0.1, 0.15) is 29.6 Å². The Labute approximate surface area is 193 Å². The lowest BCUT2D eigenvalue weighted by molar-refractivity contribution is -0.336. The molecule has 3 aliphatic carbocycles. The smallest absolute Gasteiger partial charge is 0.346 e. The third kappa shape index (κ3) is 4.19. The highest BCUT2D eigenvalue weighted by Gasteiger charge is 2.79. The van der Waals surface area contributed by atoms with Crippen LogP contribution in [0.25, 0.3) is 0 Å². The van der Waals surface area contributed by atoms with E-state index in [1.165, 1.54) is 18.2 Å². The fourth-order valence-electron chi connectivity index (χ4n) is 4.39. The second-order valence-electron chi connectivity index (χ2n) is 8.58. The minimum Gasteiger partial charge on any atom is -0.346 e. The molecular formula is C20H18ClF3N2O5S2. The van der Waals surface area contributed by atoms with Gasteiger partial charge in [-0.15, -0.1) is 0 Å². The van der Waals surface area contributed by atoms with E-state index in [1.54, 1.807) is 0 Å².